The standard InChI is InChI=1S/C30H62O5/c1-25(2,3)19-21(32-27(7,8)9)23(34-29(13,14)15)24(35-30(16,17)18)22(33-28(10,11)12)20-31-26(4,5)6/h21-24H,19-20H2,1-18H3. The van der Waals surface area contributed by atoms with E-state index in [4.69, 9.17) is 23.7 Å². The van der Waals surface area contributed by atoms with Crippen LogP contribution in [0.15, 0.2) is 0 Å². The molecule has 0 saturated carbocycles. The summed E-state index contributed by atoms with van der Waals surface area (Å²) in [7, 11) is 0. The molecule has 0 heterocycles. The highest BCUT2D eigenvalue weighted by molar-refractivity contribution is 4.93. The lowest BCUT2D eigenvalue weighted by molar-refractivity contribution is -0.263. The van der Waals surface area contributed by atoms with Gasteiger partial charge in [-0.05, 0) is 116 Å². The number of rotatable bonds is 10. The van der Waals surface area contributed by atoms with Crippen molar-refractivity contribution in [2.45, 2.75) is 183 Å². The lowest BCUT2D eigenvalue weighted by atomic mass is 9.84. The third-order valence-corrected chi connectivity index (χ3v) is 4.54. The van der Waals surface area contributed by atoms with Gasteiger partial charge in [0.25, 0.3) is 0 Å². The van der Waals surface area contributed by atoms with Gasteiger partial charge in [0, 0.05) is 0 Å². The summed E-state index contributed by atoms with van der Waals surface area (Å²) >= 11 is 0. The molecule has 0 aliphatic carbocycles. The molecule has 4 atom stereocenters. The van der Waals surface area contributed by atoms with E-state index in [1.807, 2.05) is 0 Å². The summed E-state index contributed by atoms with van der Waals surface area (Å²) in [5, 5.41) is 0. The van der Waals surface area contributed by atoms with Crippen molar-refractivity contribution in [1.29, 1.82) is 0 Å². The van der Waals surface area contributed by atoms with Crippen molar-refractivity contribution in [3.05, 3.63) is 0 Å². The Morgan fingerprint density at radius 1 is 0.400 bits per heavy atom. The Hall–Kier alpha value is -0.200. The Morgan fingerprint density at radius 3 is 1.00 bits per heavy atom. The molecule has 5 heteroatoms. The topological polar surface area (TPSA) is 46.2 Å². The van der Waals surface area contributed by atoms with Crippen LogP contribution in [0.1, 0.15) is 131 Å². The Morgan fingerprint density at radius 2 is 0.714 bits per heavy atom. The maximum absolute atomic E-state index is 6.84. The first-order valence-corrected chi connectivity index (χ1v) is 13.4. The highest BCUT2D eigenvalue weighted by Gasteiger charge is 2.45. The fourth-order valence-electron chi connectivity index (χ4n) is 3.79. The van der Waals surface area contributed by atoms with E-state index in [9.17, 15) is 0 Å². The molecule has 0 saturated heterocycles. The highest BCUT2D eigenvalue weighted by Crippen LogP contribution is 2.35. The molecule has 35 heavy (non-hydrogen) atoms. The zero-order chi connectivity index (χ0) is 28.3. The van der Waals surface area contributed by atoms with Crippen LogP contribution in [-0.4, -0.2) is 59.0 Å². The molecule has 0 bridgehead atoms. The van der Waals surface area contributed by atoms with Gasteiger partial charge in [-0.15, -0.1) is 0 Å². The van der Waals surface area contributed by atoms with E-state index in [-0.39, 0.29) is 40.5 Å². The summed E-state index contributed by atoms with van der Waals surface area (Å²) in [5.41, 5.74) is -1.83. The van der Waals surface area contributed by atoms with E-state index in [1.54, 1.807) is 0 Å². The number of hydrogen-bond acceptors (Lipinski definition) is 5. The molecular weight excluding hydrogens is 440 g/mol. The van der Waals surface area contributed by atoms with E-state index in [1.165, 1.54) is 0 Å². The van der Waals surface area contributed by atoms with Crippen molar-refractivity contribution in [3.8, 4) is 0 Å². The summed E-state index contributed by atoms with van der Waals surface area (Å²) in [6.07, 6.45) is -0.527. The third-order valence-electron chi connectivity index (χ3n) is 4.54. The van der Waals surface area contributed by atoms with E-state index >= 15 is 0 Å². The van der Waals surface area contributed by atoms with Crippen LogP contribution in [0, 0.1) is 5.41 Å². The lowest BCUT2D eigenvalue weighted by Gasteiger charge is -2.46. The van der Waals surface area contributed by atoms with Gasteiger partial charge in [-0.1, -0.05) is 20.8 Å². The maximum atomic E-state index is 6.84. The molecule has 0 spiro atoms. The van der Waals surface area contributed by atoms with E-state index in [2.05, 4.69) is 125 Å². The Kier molecular flexibility index (Phi) is 12.0. The second-order valence-corrected chi connectivity index (χ2v) is 16.1. The normalized spacial score (nSPS) is 18.3. The minimum Gasteiger partial charge on any atom is -0.373 e. The van der Waals surface area contributed by atoms with E-state index < -0.39 is 17.3 Å². The fourth-order valence-corrected chi connectivity index (χ4v) is 3.79. The van der Waals surface area contributed by atoms with Gasteiger partial charge in [0.1, 0.15) is 18.3 Å². The molecule has 0 aromatic heterocycles. The summed E-state index contributed by atoms with van der Waals surface area (Å²) in [6, 6.07) is 0. The van der Waals surface area contributed by atoms with Gasteiger partial charge in [0.15, 0.2) is 0 Å². The van der Waals surface area contributed by atoms with Crippen molar-refractivity contribution in [3.63, 3.8) is 0 Å². The van der Waals surface area contributed by atoms with Crippen LogP contribution in [0.4, 0.5) is 0 Å². The van der Waals surface area contributed by atoms with E-state index in [0.717, 1.165) is 6.42 Å². The van der Waals surface area contributed by atoms with E-state index in [0.29, 0.717) is 6.61 Å². The molecular formula is C30H62O5. The van der Waals surface area contributed by atoms with Crippen LogP contribution >= 0.6 is 0 Å². The summed E-state index contributed by atoms with van der Waals surface area (Å²) in [5.74, 6) is 0. The molecule has 0 radical (unpaired) electrons. The third kappa shape index (κ3) is 18.7. The lowest BCUT2D eigenvalue weighted by Crippen LogP contribution is -2.58. The predicted molar refractivity (Wildman–Crippen MR) is 148 cm³/mol. The smallest absolute Gasteiger partial charge is 0.115 e. The number of hydrogen-bond donors (Lipinski definition) is 0. The molecule has 212 valence electrons. The van der Waals surface area contributed by atoms with Gasteiger partial charge < -0.3 is 23.7 Å². The molecule has 0 aromatic rings. The van der Waals surface area contributed by atoms with Crippen molar-refractivity contribution in [2.75, 3.05) is 6.61 Å². The number of ether oxygens (including phenoxy) is 5. The molecule has 4 unspecified atom stereocenters. The van der Waals surface area contributed by atoms with Crippen LogP contribution in [0.3, 0.4) is 0 Å². The molecule has 0 aliphatic rings. The molecule has 0 N–H and O–H groups in total. The quantitative estimate of drug-likeness (QED) is 0.303. The molecule has 0 rings (SSSR count). The van der Waals surface area contributed by atoms with Crippen LogP contribution in [0.5, 0.6) is 0 Å². The average Bonchev–Trinajstić information content (AvgIpc) is 2.47. The molecule has 5 nitrogen and oxygen atoms in total. The summed E-state index contributed by atoms with van der Waals surface area (Å²) < 4.78 is 33.4. The van der Waals surface area contributed by atoms with Crippen molar-refractivity contribution >= 4 is 0 Å². The second kappa shape index (κ2) is 12.1. The zero-order valence-electron chi connectivity index (χ0n) is 26.8. The minimum absolute atomic E-state index is 0.0317. The SMILES string of the molecule is CC(C)(C)CC(OC(C)(C)C)C(OC(C)(C)C)C(OC(C)(C)C)C(COC(C)(C)C)OC(C)(C)C. The van der Waals surface area contributed by atoms with Crippen molar-refractivity contribution in [1.82, 2.24) is 0 Å². The van der Waals surface area contributed by atoms with Gasteiger partial charge in [0.2, 0.25) is 0 Å². The molecule has 0 aromatic carbocycles. The van der Waals surface area contributed by atoms with Gasteiger partial charge in [-0.25, -0.2) is 0 Å². The van der Waals surface area contributed by atoms with Crippen LogP contribution < -0.4 is 0 Å². The van der Waals surface area contributed by atoms with Gasteiger partial charge in [0.05, 0.1) is 40.7 Å². The van der Waals surface area contributed by atoms with Gasteiger partial charge >= 0.3 is 0 Å². The highest BCUT2D eigenvalue weighted by atomic mass is 16.6. The van der Waals surface area contributed by atoms with Crippen LogP contribution in [0.2, 0.25) is 0 Å². The van der Waals surface area contributed by atoms with Crippen molar-refractivity contribution in [2.24, 2.45) is 5.41 Å². The maximum Gasteiger partial charge on any atom is 0.115 e. The molecule has 0 amide bonds. The van der Waals surface area contributed by atoms with Gasteiger partial charge in [-0.2, -0.15) is 0 Å². The predicted octanol–water partition coefficient (Wildman–Crippen LogP) is 7.97. The minimum atomic E-state index is -0.417. The first-order valence-electron chi connectivity index (χ1n) is 13.4. The molecule has 0 fully saturated rings. The Balaban J connectivity index is 6.83. The Bertz CT molecular complexity index is 584. The Labute approximate surface area is 219 Å². The monoisotopic (exact) mass is 502 g/mol. The first-order chi connectivity index (χ1) is 15.1. The molecule has 0 aliphatic heterocycles. The summed E-state index contributed by atoms with van der Waals surface area (Å²) in [6.45, 7) is 38.3. The second-order valence-electron chi connectivity index (χ2n) is 16.1. The average molecular weight is 503 g/mol. The van der Waals surface area contributed by atoms with Crippen molar-refractivity contribution < 1.29 is 23.7 Å². The zero-order valence-corrected chi connectivity index (χ0v) is 26.8. The first kappa shape index (κ1) is 34.8. The largest absolute Gasteiger partial charge is 0.373 e. The van der Waals surface area contributed by atoms with Gasteiger partial charge in [-0.3, -0.25) is 0 Å². The van der Waals surface area contributed by atoms with Crippen LogP contribution in [-0.2, 0) is 23.7 Å². The fraction of sp³-hybridized carbons (Fsp3) is 1.00. The summed E-state index contributed by atoms with van der Waals surface area (Å²) in [4.78, 5) is 0. The van der Waals surface area contributed by atoms with Crippen LogP contribution in [0.25, 0.3) is 0 Å².